The summed E-state index contributed by atoms with van der Waals surface area (Å²) in [4.78, 5) is 25.8. The number of H-pyrrole nitrogens is 1. The van der Waals surface area contributed by atoms with Gasteiger partial charge in [0.1, 0.15) is 5.69 Å². The van der Waals surface area contributed by atoms with Crippen LogP contribution in [-0.2, 0) is 4.79 Å². The summed E-state index contributed by atoms with van der Waals surface area (Å²) in [5.41, 5.74) is 0.263. The van der Waals surface area contributed by atoms with Crippen molar-refractivity contribution in [3.63, 3.8) is 0 Å². The number of halogens is 1. The minimum absolute atomic E-state index is 0.0218. The quantitative estimate of drug-likeness (QED) is 0.886. The number of rotatable bonds is 3. The van der Waals surface area contributed by atoms with Gasteiger partial charge in [-0.2, -0.15) is 5.10 Å². The van der Waals surface area contributed by atoms with Gasteiger partial charge in [0.25, 0.3) is 5.91 Å². The van der Waals surface area contributed by atoms with E-state index < -0.39 is 0 Å². The fraction of sp³-hybridized carbons (Fsp3) is 0.615. The molecule has 6 nitrogen and oxygen atoms in total. The van der Waals surface area contributed by atoms with Crippen LogP contribution in [0.15, 0.2) is 6.20 Å². The number of piperidine rings is 1. The van der Waals surface area contributed by atoms with Gasteiger partial charge in [-0.25, -0.2) is 0 Å². The number of nitrogens with zero attached hydrogens (tertiary/aromatic N) is 2. The minimum atomic E-state index is -0.281. The van der Waals surface area contributed by atoms with Crippen LogP contribution in [0.25, 0.3) is 0 Å². The molecule has 1 fully saturated rings. The van der Waals surface area contributed by atoms with E-state index >= 15 is 0 Å². The van der Waals surface area contributed by atoms with Crippen molar-refractivity contribution in [3.8, 4) is 0 Å². The van der Waals surface area contributed by atoms with Crippen LogP contribution in [0.2, 0.25) is 5.02 Å². The topological polar surface area (TPSA) is 78.1 Å². The molecule has 0 radical (unpaired) electrons. The minimum Gasteiger partial charge on any atom is -0.346 e. The monoisotopic (exact) mass is 298 g/mol. The summed E-state index contributed by atoms with van der Waals surface area (Å²) in [7, 11) is 0. The summed E-state index contributed by atoms with van der Waals surface area (Å²) in [6.07, 6.45) is 3.14. The molecular formula is C13H19ClN4O2. The van der Waals surface area contributed by atoms with E-state index in [1.165, 1.54) is 6.20 Å². The molecule has 110 valence electrons. The van der Waals surface area contributed by atoms with E-state index in [2.05, 4.69) is 15.5 Å². The summed E-state index contributed by atoms with van der Waals surface area (Å²) < 4.78 is 0. The maximum atomic E-state index is 12.0. The van der Waals surface area contributed by atoms with Crippen LogP contribution in [0, 0.1) is 5.92 Å². The maximum absolute atomic E-state index is 12.0. The van der Waals surface area contributed by atoms with Gasteiger partial charge in [-0.1, -0.05) is 25.4 Å². The van der Waals surface area contributed by atoms with E-state index in [1.807, 2.05) is 18.7 Å². The molecule has 2 amide bonds. The van der Waals surface area contributed by atoms with Crippen molar-refractivity contribution >= 4 is 23.4 Å². The van der Waals surface area contributed by atoms with Crippen LogP contribution < -0.4 is 5.32 Å². The first-order valence-electron chi connectivity index (χ1n) is 6.77. The molecule has 1 aliphatic rings. The van der Waals surface area contributed by atoms with Crippen LogP contribution >= 0.6 is 11.6 Å². The zero-order valence-corrected chi connectivity index (χ0v) is 12.4. The Kier molecular flexibility index (Phi) is 4.65. The predicted octanol–water partition coefficient (Wildman–Crippen LogP) is 1.44. The fourth-order valence-corrected chi connectivity index (χ4v) is 2.53. The van der Waals surface area contributed by atoms with E-state index in [-0.39, 0.29) is 29.5 Å². The Bertz CT molecular complexity index is 500. The van der Waals surface area contributed by atoms with Gasteiger partial charge < -0.3 is 10.2 Å². The second kappa shape index (κ2) is 6.26. The largest absolute Gasteiger partial charge is 0.346 e. The lowest BCUT2D eigenvalue weighted by molar-refractivity contribution is -0.135. The molecule has 0 bridgehead atoms. The molecule has 7 heteroatoms. The van der Waals surface area contributed by atoms with Crippen LogP contribution in [0.5, 0.6) is 0 Å². The lowest BCUT2D eigenvalue weighted by Gasteiger charge is -2.34. The highest BCUT2D eigenvalue weighted by molar-refractivity contribution is 6.33. The van der Waals surface area contributed by atoms with Gasteiger partial charge in [0, 0.05) is 25.0 Å². The molecule has 0 spiro atoms. The molecule has 0 saturated carbocycles. The first kappa shape index (κ1) is 14.8. The molecular weight excluding hydrogens is 280 g/mol. The number of aromatic amines is 1. The van der Waals surface area contributed by atoms with E-state index in [0.717, 1.165) is 19.4 Å². The molecule has 1 aromatic rings. The SMILES string of the molecule is CC(C)C(=O)N1CCC[C@@H](NC(=O)c2[nH]ncc2Cl)C1. The molecule has 2 rings (SSSR count). The summed E-state index contributed by atoms with van der Waals surface area (Å²) in [6, 6.07) is -0.0432. The molecule has 0 aromatic carbocycles. The van der Waals surface area contributed by atoms with Gasteiger partial charge >= 0.3 is 0 Å². The first-order valence-corrected chi connectivity index (χ1v) is 7.15. The highest BCUT2D eigenvalue weighted by Crippen LogP contribution is 2.15. The van der Waals surface area contributed by atoms with E-state index in [1.54, 1.807) is 0 Å². The van der Waals surface area contributed by atoms with Crippen molar-refractivity contribution in [2.75, 3.05) is 13.1 Å². The highest BCUT2D eigenvalue weighted by atomic mass is 35.5. The van der Waals surface area contributed by atoms with Gasteiger partial charge in [-0.15, -0.1) is 0 Å². The number of hydrogen-bond acceptors (Lipinski definition) is 3. The molecule has 2 heterocycles. The number of amides is 2. The van der Waals surface area contributed by atoms with Crippen LogP contribution in [0.3, 0.4) is 0 Å². The molecule has 1 atom stereocenters. The van der Waals surface area contributed by atoms with E-state index in [4.69, 9.17) is 11.6 Å². The molecule has 1 saturated heterocycles. The number of likely N-dealkylation sites (tertiary alicyclic amines) is 1. The highest BCUT2D eigenvalue weighted by Gasteiger charge is 2.26. The number of aromatic nitrogens is 2. The molecule has 1 aliphatic heterocycles. The van der Waals surface area contributed by atoms with Crippen LogP contribution in [-0.4, -0.2) is 46.0 Å². The summed E-state index contributed by atoms with van der Waals surface area (Å²) in [5, 5.41) is 9.49. The number of carbonyl (C=O) groups excluding carboxylic acids is 2. The van der Waals surface area contributed by atoms with E-state index in [0.29, 0.717) is 11.6 Å². The Labute approximate surface area is 122 Å². The summed E-state index contributed by atoms with van der Waals surface area (Å²) >= 11 is 5.85. The molecule has 1 aromatic heterocycles. The third kappa shape index (κ3) is 3.30. The standard InChI is InChI=1S/C13H19ClN4O2/c1-8(2)13(20)18-5-3-4-9(7-18)16-12(19)11-10(14)6-15-17-11/h6,8-9H,3-5,7H2,1-2H3,(H,15,17)(H,16,19)/t9-/m1/s1. The van der Waals surface area contributed by atoms with Crippen molar-refractivity contribution in [1.82, 2.24) is 20.4 Å². The Morgan fingerprint density at radius 1 is 1.55 bits per heavy atom. The molecule has 0 aliphatic carbocycles. The Morgan fingerprint density at radius 3 is 2.90 bits per heavy atom. The number of hydrogen-bond donors (Lipinski definition) is 2. The number of nitrogens with one attached hydrogen (secondary N) is 2. The first-order chi connectivity index (χ1) is 9.49. The summed E-state index contributed by atoms with van der Waals surface area (Å²) in [6.45, 7) is 5.08. The summed E-state index contributed by atoms with van der Waals surface area (Å²) in [5.74, 6) is -0.175. The van der Waals surface area contributed by atoms with E-state index in [9.17, 15) is 9.59 Å². The van der Waals surface area contributed by atoms with Crippen molar-refractivity contribution in [1.29, 1.82) is 0 Å². The fourth-order valence-electron chi connectivity index (χ4n) is 2.35. The van der Waals surface area contributed by atoms with Gasteiger partial charge in [0.15, 0.2) is 0 Å². The average Bonchev–Trinajstić information content (AvgIpc) is 2.84. The normalized spacial score (nSPS) is 19.2. The lowest BCUT2D eigenvalue weighted by Crippen LogP contribution is -2.50. The Morgan fingerprint density at radius 2 is 2.30 bits per heavy atom. The van der Waals surface area contributed by atoms with Gasteiger partial charge in [0.05, 0.1) is 11.2 Å². The van der Waals surface area contributed by atoms with Crippen molar-refractivity contribution in [2.24, 2.45) is 5.92 Å². The predicted molar refractivity (Wildman–Crippen MR) is 75.5 cm³/mol. The molecule has 0 unspecified atom stereocenters. The van der Waals surface area contributed by atoms with Gasteiger partial charge in [-0.05, 0) is 12.8 Å². The van der Waals surface area contributed by atoms with Crippen LogP contribution in [0.1, 0.15) is 37.2 Å². The Hall–Kier alpha value is -1.56. The number of carbonyl (C=O) groups is 2. The van der Waals surface area contributed by atoms with Gasteiger partial charge in [0.2, 0.25) is 5.91 Å². The van der Waals surface area contributed by atoms with Crippen molar-refractivity contribution in [2.45, 2.75) is 32.7 Å². The lowest BCUT2D eigenvalue weighted by atomic mass is 10.0. The third-order valence-electron chi connectivity index (χ3n) is 3.38. The zero-order chi connectivity index (χ0) is 14.7. The Balaban J connectivity index is 1.95. The molecule has 20 heavy (non-hydrogen) atoms. The maximum Gasteiger partial charge on any atom is 0.271 e. The second-order valence-corrected chi connectivity index (χ2v) is 5.75. The third-order valence-corrected chi connectivity index (χ3v) is 3.67. The van der Waals surface area contributed by atoms with Crippen molar-refractivity contribution < 1.29 is 9.59 Å². The smallest absolute Gasteiger partial charge is 0.271 e. The van der Waals surface area contributed by atoms with Crippen molar-refractivity contribution in [3.05, 3.63) is 16.9 Å². The molecule has 2 N–H and O–H groups in total. The second-order valence-electron chi connectivity index (χ2n) is 5.34. The van der Waals surface area contributed by atoms with Gasteiger partial charge in [-0.3, -0.25) is 14.7 Å². The zero-order valence-electron chi connectivity index (χ0n) is 11.6. The average molecular weight is 299 g/mol. The van der Waals surface area contributed by atoms with Crippen LogP contribution in [0.4, 0.5) is 0 Å².